The summed E-state index contributed by atoms with van der Waals surface area (Å²) in [4.78, 5) is 24.7. The number of carbonyl (C=O) groups is 2. The Morgan fingerprint density at radius 1 is 1.26 bits per heavy atom. The van der Waals surface area contributed by atoms with Crippen LogP contribution in [0.15, 0.2) is 17.0 Å². The monoisotopic (exact) mass is 457 g/mol. The van der Waals surface area contributed by atoms with Gasteiger partial charge in [0.15, 0.2) is 9.84 Å². The lowest BCUT2D eigenvalue weighted by Crippen LogP contribution is -2.40. The lowest BCUT2D eigenvalue weighted by atomic mass is 10.1. The largest absolute Gasteiger partial charge is 0.496 e. The molecule has 1 fully saturated rings. The topological polar surface area (TPSA) is 128 Å². The quantitative estimate of drug-likeness (QED) is 0.447. The van der Waals surface area contributed by atoms with Gasteiger partial charge < -0.3 is 20.5 Å². The summed E-state index contributed by atoms with van der Waals surface area (Å²) in [6.07, 6.45) is 2.17. The second-order valence-corrected chi connectivity index (χ2v) is 9.30. The Morgan fingerprint density at radius 3 is 2.42 bits per heavy atom. The van der Waals surface area contributed by atoms with Crippen molar-refractivity contribution in [3.05, 3.63) is 17.7 Å². The molecule has 1 amide bonds. The normalized spacial score (nSPS) is 16.2. The third kappa shape index (κ3) is 7.70. The number of benzene rings is 1. The fourth-order valence-corrected chi connectivity index (χ4v) is 4.42. The minimum atomic E-state index is -3.52. The maximum atomic E-state index is 12.6. The molecule has 1 saturated heterocycles. The van der Waals surface area contributed by atoms with Gasteiger partial charge in [0.05, 0.1) is 35.6 Å². The molecule has 0 unspecified atom stereocenters. The summed E-state index contributed by atoms with van der Waals surface area (Å²) in [7, 11) is -2.10. The average molecular weight is 458 g/mol. The molecule has 10 heteroatoms. The Morgan fingerprint density at radius 2 is 1.94 bits per heavy atom. The van der Waals surface area contributed by atoms with E-state index in [4.69, 9.17) is 10.5 Å². The second kappa shape index (κ2) is 12.5. The molecule has 0 aliphatic carbocycles. The predicted molar refractivity (Wildman–Crippen MR) is 120 cm³/mol. The smallest absolute Gasteiger partial charge is 0.302 e. The first-order valence-corrected chi connectivity index (χ1v) is 12.1. The van der Waals surface area contributed by atoms with Gasteiger partial charge in [0.2, 0.25) is 0 Å². The molecule has 1 aliphatic heterocycles. The molecule has 9 nitrogen and oxygen atoms in total. The molecule has 0 bridgehead atoms. The maximum Gasteiger partial charge on any atom is 0.302 e. The molecule has 0 saturated carbocycles. The van der Waals surface area contributed by atoms with E-state index in [1.54, 1.807) is 6.92 Å². The standard InChI is InChI=1S/C17H27N3O4S.C4H8O2/c1-4-20-8-6-7-12(20)11-19-17(21)13-9-16(25(22,23)5-2)14(18)10-15(13)24-3;1-3-6-4(2)5/h9-10,12H,4-8,11,18H2,1-3H3,(H,19,21);3H2,1-2H3/t12-;/m0./s1. The van der Waals surface area contributed by atoms with Crippen molar-refractivity contribution in [3.63, 3.8) is 0 Å². The highest BCUT2D eigenvalue weighted by Crippen LogP contribution is 2.29. The third-order valence-corrected chi connectivity index (χ3v) is 6.83. The predicted octanol–water partition coefficient (Wildman–Crippen LogP) is 1.85. The number of rotatable bonds is 8. The number of nitrogens with two attached hydrogens (primary N) is 1. The SMILES string of the molecule is CCN1CCC[C@H]1CNC(=O)c1cc(S(=O)(=O)CC)c(N)cc1OC.CCOC(C)=O. The number of nitrogens with one attached hydrogen (secondary N) is 1. The van der Waals surface area contributed by atoms with Crippen LogP contribution in [0.25, 0.3) is 0 Å². The zero-order valence-corrected chi connectivity index (χ0v) is 19.9. The molecule has 1 aromatic carbocycles. The molecule has 176 valence electrons. The van der Waals surface area contributed by atoms with Gasteiger partial charge in [0.1, 0.15) is 5.75 Å². The summed E-state index contributed by atoms with van der Waals surface area (Å²) in [5.74, 6) is -0.383. The third-order valence-electron chi connectivity index (χ3n) is 5.04. The summed E-state index contributed by atoms with van der Waals surface area (Å²) >= 11 is 0. The summed E-state index contributed by atoms with van der Waals surface area (Å²) in [6.45, 7) is 9.81. The molecule has 2 rings (SSSR count). The van der Waals surface area contributed by atoms with Crippen molar-refractivity contribution >= 4 is 27.4 Å². The Bertz CT molecular complexity index is 857. The first kappa shape index (κ1) is 26.7. The van der Waals surface area contributed by atoms with Gasteiger partial charge in [0, 0.05) is 25.6 Å². The van der Waals surface area contributed by atoms with Crippen molar-refractivity contribution in [1.82, 2.24) is 10.2 Å². The van der Waals surface area contributed by atoms with Crippen LogP contribution in [0.2, 0.25) is 0 Å². The highest BCUT2D eigenvalue weighted by Gasteiger charge is 2.25. The van der Waals surface area contributed by atoms with E-state index in [1.807, 2.05) is 0 Å². The number of esters is 1. The van der Waals surface area contributed by atoms with E-state index in [1.165, 1.54) is 33.1 Å². The number of sulfone groups is 1. The first-order valence-electron chi connectivity index (χ1n) is 10.5. The summed E-state index contributed by atoms with van der Waals surface area (Å²) in [6, 6.07) is 3.02. The van der Waals surface area contributed by atoms with E-state index in [-0.39, 0.29) is 39.5 Å². The van der Waals surface area contributed by atoms with Gasteiger partial charge in [-0.25, -0.2) is 8.42 Å². The second-order valence-electron chi connectivity index (χ2n) is 7.05. The first-order chi connectivity index (χ1) is 14.6. The molecule has 1 aliphatic rings. The number of hydrogen-bond acceptors (Lipinski definition) is 8. The molecule has 0 spiro atoms. The van der Waals surface area contributed by atoms with Gasteiger partial charge in [-0.3, -0.25) is 14.5 Å². The maximum absolute atomic E-state index is 12.6. The molecule has 1 atom stereocenters. The summed E-state index contributed by atoms with van der Waals surface area (Å²) < 4.78 is 34.0. The van der Waals surface area contributed by atoms with Crippen LogP contribution in [0.5, 0.6) is 5.75 Å². The molecular formula is C21H35N3O6S. The van der Waals surface area contributed by atoms with E-state index in [0.717, 1.165) is 25.9 Å². The van der Waals surface area contributed by atoms with Crippen molar-refractivity contribution in [2.45, 2.75) is 51.5 Å². The van der Waals surface area contributed by atoms with Crippen LogP contribution in [-0.4, -0.2) is 70.3 Å². The fourth-order valence-electron chi connectivity index (χ4n) is 3.40. The Balaban J connectivity index is 0.000000703. The molecule has 1 aromatic rings. The number of nitrogen functional groups attached to an aromatic ring is 1. The van der Waals surface area contributed by atoms with Gasteiger partial charge in [-0.05, 0) is 38.9 Å². The van der Waals surface area contributed by atoms with E-state index < -0.39 is 9.84 Å². The van der Waals surface area contributed by atoms with Gasteiger partial charge in [-0.15, -0.1) is 0 Å². The summed E-state index contributed by atoms with van der Waals surface area (Å²) in [5.41, 5.74) is 6.11. The van der Waals surface area contributed by atoms with Crippen molar-refractivity contribution in [2.24, 2.45) is 0 Å². The van der Waals surface area contributed by atoms with Gasteiger partial charge in [-0.1, -0.05) is 13.8 Å². The zero-order chi connectivity index (χ0) is 23.6. The lowest BCUT2D eigenvalue weighted by molar-refractivity contribution is -0.140. The number of likely N-dealkylation sites (N-methyl/N-ethyl adjacent to an activating group) is 1. The van der Waals surface area contributed by atoms with E-state index in [9.17, 15) is 18.0 Å². The lowest BCUT2D eigenvalue weighted by Gasteiger charge is -2.23. The molecule has 31 heavy (non-hydrogen) atoms. The number of nitrogens with zero attached hydrogens (tertiary/aromatic N) is 1. The minimum Gasteiger partial charge on any atom is -0.496 e. The van der Waals surface area contributed by atoms with E-state index in [2.05, 4.69) is 21.9 Å². The van der Waals surface area contributed by atoms with Crippen molar-refractivity contribution in [2.75, 3.05) is 44.8 Å². The molecular weight excluding hydrogens is 422 g/mol. The highest BCUT2D eigenvalue weighted by atomic mass is 32.2. The molecule has 1 heterocycles. The summed E-state index contributed by atoms with van der Waals surface area (Å²) in [5, 5.41) is 2.90. The average Bonchev–Trinajstić information content (AvgIpc) is 3.19. The number of hydrogen-bond donors (Lipinski definition) is 2. The molecule has 3 N–H and O–H groups in total. The van der Waals surface area contributed by atoms with Crippen LogP contribution < -0.4 is 15.8 Å². The highest BCUT2D eigenvalue weighted by molar-refractivity contribution is 7.91. The number of ether oxygens (including phenoxy) is 2. The van der Waals surface area contributed by atoms with Crippen LogP contribution in [0, 0.1) is 0 Å². The van der Waals surface area contributed by atoms with Crippen LogP contribution in [-0.2, 0) is 19.4 Å². The van der Waals surface area contributed by atoms with Crippen molar-refractivity contribution in [1.29, 1.82) is 0 Å². The minimum absolute atomic E-state index is 0.0306. The number of likely N-dealkylation sites (tertiary alicyclic amines) is 1. The molecule has 0 radical (unpaired) electrons. The van der Waals surface area contributed by atoms with Gasteiger partial charge in [-0.2, -0.15) is 0 Å². The van der Waals surface area contributed by atoms with Gasteiger partial charge in [0.25, 0.3) is 5.91 Å². The zero-order valence-electron chi connectivity index (χ0n) is 19.1. The number of methoxy groups -OCH3 is 1. The van der Waals surface area contributed by atoms with E-state index >= 15 is 0 Å². The van der Waals surface area contributed by atoms with Gasteiger partial charge >= 0.3 is 5.97 Å². The molecule has 0 aromatic heterocycles. The van der Waals surface area contributed by atoms with E-state index in [0.29, 0.717) is 19.2 Å². The van der Waals surface area contributed by atoms with Crippen LogP contribution in [0.1, 0.15) is 50.9 Å². The van der Waals surface area contributed by atoms with Crippen molar-refractivity contribution < 1.29 is 27.5 Å². The number of anilines is 1. The van der Waals surface area contributed by atoms with Crippen molar-refractivity contribution in [3.8, 4) is 5.75 Å². The van der Waals surface area contributed by atoms with Crippen LogP contribution in [0.4, 0.5) is 5.69 Å². The van der Waals surface area contributed by atoms with Crippen LogP contribution in [0.3, 0.4) is 0 Å². The fraction of sp³-hybridized carbons (Fsp3) is 0.619. The number of carbonyl (C=O) groups excluding carboxylic acids is 2. The number of amides is 1. The Hall–Kier alpha value is -2.33. The Kier molecular flexibility index (Phi) is 10.8. The van der Waals surface area contributed by atoms with Crippen LogP contribution >= 0.6 is 0 Å². The Labute approximate surface area is 185 Å².